The molecule has 1 heterocycles. The van der Waals surface area contributed by atoms with Crippen LogP contribution in [0, 0.1) is 11.3 Å². The summed E-state index contributed by atoms with van der Waals surface area (Å²) in [6, 6.07) is 13.1. The van der Waals surface area contributed by atoms with E-state index in [4.69, 9.17) is 0 Å². The first-order valence-electron chi connectivity index (χ1n) is 14.8. The van der Waals surface area contributed by atoms with E-state index in [1.54, 1.807) is 69.9 Å². The molecule has 0 saturated carbocycles. The Morgan fingerprint density at radius 2 is 1.41 bits per heavy atom. The molecule has 11 nitrogen and oxygen atoms in total. The Bertz CT molecular complexity index is 1380. The quantitative estimate of drug-likeness (QED) is 0.286. The van der Waals surface area contributed by atoms with Gasteiger partial charge in [-0.15, -0.1) is 0 Å². The molecule has 0 aromatic heterocycles. The molecule has 0 bridgehead atoms. The van der Waals surface area contributed by atoms with Crippen molar-refractivity contribution in [2.75, 3.05) is 13.1 Å². The summed E-state index contributed by atoms with van der Waals surface area (Å²) in [5.41, 5.74) is 1.93. The number of ketones is 1. The normalized spacial score (nSPS) is 14.8. The molecule has 0 radical (unpaired) electrons. The number of Topliss-reactive ketones (excluding diaryl/α,β-unsaturated/α-hetero) is 1. The van der Waals surface area contributed by atoms with E-state index in [1.807, 2.05) is 24.3 Å². The number of rotatable bonds is 11. The zero-order valence-corrected chi connectivity index (χ0v) is 26.2. The SMILES string of the molecule is CC(NC(=O)C(NC(=O)c1ccccc1)C(C)(C)C)C(=O)NC(C(=O)C(=O)NCC(=O)N1CCc2ccccc2C1)C(C)C. The molecule has 44 heavy (non-hydrogen) atoms. The number of nitrogens with one attached hydrogen (secondary N) is 4. The van der Waals surface area contributed by atoms with Crippen molar-refractivity contribution < 1.29 is 28.8 Å². The highest BCUT2D eigenvalue weighted by Gasteiger charge is 2.36. The number of hydrogen-bond acceptors (Lipinski definition) is 6. The number of benzene rings is 2. The summed E-state index contributed by atoms with van der Waals surface area (Å²) in [6.07, 6.45) is 0.709. The minimum atomic E-state index is -1.19. The summed E-state index contributed by atoms with van der Waals surface area (Å²) in [5.74, 6) is -4.33. The highest BCUT2D eigenvalue weighted by molar-refractivity contribution is 6.38. The summed E-state index contributed by atoms with van der Waals surface area (Å²) >= 11 is 0. The van der Waals surface area contributed by atoms with E-state index in [0.717, 1.165) is 5.56 Å². The van der Waals surface area contributed by atoms with E-state index in [-0.39, 0.29) is 12.5 Å². The molecule has 0 aliphatic carbocycles. The number of carbonyl (C=O) groups excluding carboxylic acids is 6. The molecule has 1 aliphatic rings. The number of carbonyl (C=O) groups is 6. The molecule has 0 spiro atoms. The molecule has 236 valence electrons. The summed E-state index contributed by atoms with van der Waals surface area (Å²) in [4.78, 5) is 79.1. The van der Waals surface area contributed by atoms with E-state index in [1.165, 1.54) is 12.5 Å². The van der Waals surface area contributed by atoms with Crippen LogP contribution in [0.1, 0.15) is 63.0 Å². The van der Waals surface area contributed by atoms with Crippen LogP contribution < -0.4 is 21.3 Å². The first-order chi connectivity index (χ1) is 20.7. The summed E-state index contributed by atoms with van der Waals surface area (Å²) in [7, 11) is 0. The molecular weight excluding hydrogens is 562 g/mol. The third kappa shape index (κ3) is 8.98. The predicted octanol–water partition coefficient (Wildman–Crippen LogP) is 1.75. The maximum atomic E-state index is 13.2. The van der Waals surface area contributed by atoms with Crippen LogP contribution in [-0.4, -0.2) is 71.4 Å². The number of hydrogen-bond donors (Lipinski definition) is 4. The molecule has 4 N–H and O–H groups in total. The molecule has 2 aromatic rings. The zero-order chi connectivity index (χ0) is 32.6. The van der Waals surface area contributed by atoms with Crippen LogP contribution in [0.3, 0.4) is 0 Å². The zero-order valence-electron chi connectivity index (χ0n) is 26.2. The van der Waals surface area contributed by atoms with Gasteiger partial charge in [0, 0.05) is 18.7 Å². The Kier molecular flexibility index (Phi) is 11.4. The van der Waals surface area contributed by atoms with Crippen LogP contribution >= 0.6 is 0 Å². The molecule has 3 atom stereocenters. The fourth-order valence-corrected chi connectivity index (χ4v) is 4.86. The molecule has 0 fully saturated rings. The Labute approximate surface area is 258 Å². The van der Waals surface area contributed by atoms with Gasteiger partial charge in [0.15, 0.2) is 0 Å². The maximum absolute atomic E-state index is 13.2. The largest absolute Gasteiger partial charge is 0.344 e. The van der Waals surface area contributed by atoms with Crippen molar-refractivity contribution in [2.24, 2.45) is 11.3 Å². The maximum Gasteiger partial charge on any atom is 0.290 e. The summed E-state index contributed by atoms with van der Waals surface area (Å²) < 4.78 is 0. The minimum Gasteiger partial charge on any atom is -0.344 e. The summed E-state index contributed by atoms with van der Waals surface area (Å²) in [5, 5.41) is 10.3. The van der Waals surface area contributed by atoms with Crippen LogP contribution in [-0.2, 0) is 36.9 Å². The topological polar surface area (TPSA) is 154 Å². The molecule has 1 aliphatic heterocycles. The fourth-order valence-electron chi connectivity index (χ4n) is 4.86. The van der Waals surface area contributed by atoms with Crippen molar-refractivity contribution in [3.8, 4) is 0 Å². The van der Waals surface area contributed by atoms with E-state index < -0.39 is 58.9 Å². The van der Waals surface area contributed by atoms with Gasteiger partial charge in [-0.3, -0.25) is 28.8 Å². The van der Waals surface area contributed by atoms with E-state index in [2.05, 4.69) is 21.3 Å². The second kappa shape index (κ2) is 14.8. The van der Waals surface area contributed by atoms with Crippen LogP contribution in [0.15, 0.2) is 54.6 Å². The van der Waals surface area contributed by atoms with Crippen molar-refractivity contribution in [3.05, 3.63) is 71.3 Å². The Balaban J connectivity index is 1.56. The van der Waals surface area contributed by atoms with Crippen LogP contribution in [0.2, 0.25) is 0 Å². The second-order valence-corrected chi connectivity index (χ2v) is 12.5. The standard InChI is InChI=1S/C33H43N5O6/c1-20(2)26(27(40)31(43)34-18-25(39)38-17-16-22-12-10-11-15-24(22)19-38)36-29(41)21(3)35-32(44)28(33(4,5)6)37-30(42)23-13-8-7-9-14-23/h7-15,20-21,26,28H,16-19H2,1-6H3,(H,34,43)(H,35,44)(H,36,41)(H,37,42). The van der Waals surface area contributed by atoms with E-state index in [0.29, 0.717) is 25.1 Å². The monoisotopic (exact) mass is 605 g/mol. The minimum absolute atomic E-state index is 0.310. The lowest BCUT2D eigenvalue weighted by atomic mass is 9.85. The van der Waals surface area contributed by atoms with Gasteiger partial charge in [-0.2, -0.15) is 0 Å². The van der Waals surface area contributed by atoms with Crippen molar-refractivity contribution in [1.29, 1.82) is 0 Å². The first kappa shape index (κ1) is 34.0. The lowest BCUT2D eigenvalue weighted by Gasteiger charge is -2.31. The van der Waals surface area contributed by atoms with Gasteiger partial charge in [-0.25, -0.2) is 0 Å². The van der Waals surface area contributed by atoms with Crippen LogP contribution in [0.25, 0.3) is 0 Å². The molecule has 2 aromatic carbocycles. The van der Waals surface area contributed by atoms with Crippen molar-refractivity contribution >= 4 is 35.3 Å². The average Bonchev–Trinajstić information content (AvgIpc) is 2.99. The van der Waals surface area contributed by atoms with Gasteiger partial charge in [-0.1, -0.05) is 77.1 Å². The molecular formula is C33H43N5O6. The number of amides is 5. The van der Waals surface area contributed by atoms with Crippen LogP contribution in [0.5, 0.6) is 0 Å². The van der Waals surface area contributed by atoms with Gasteiger partial charge in [0.1, 0.15) is 12.1 Å². The average molecular weight is 606 g/mol. The summed E-state index contributed by atoms with van der Waals surface area (Å²) in [6.45, 7) is 10.7. The predicted molar refractivity (Wildman–Crippen MR) is 165 cm³/mol. The van der Waals surface area contributed by atoms with Crippen molar-refractivity contribution in [3.63, 3.8) is 0 Å². The van der Waals surface area contributed by atoms with Gasteiger partial charge in [-0.05, 0) is 47.9 Å². The molecule has 5 amide bonds. The highest BCUT2D eigenvalue weighted by Crippen LogP contribution is 2.21. The van der Waals surface area contributed by atoms with Gasteiger partial charge in [0.25, 0.3) is 11.8 Å². The molecule has 3 unspecified atom stereocenters. The van der Waals surface area contributed by atoms with Gasteiger partial charge in [0.05, 0.1) is 12.6 Å². The fraction of sp³-hybridized carbons (Fsp3) is 0.455. The Hall–Kier alpha value is -4.54. The van der Waals surface area contributed by atoms with Crippen molar-refractivity contribution in [2.45, 2.75) is 72.6 Å². The van der Waals surface area contributed by atoms with Gasteiger partial charge >= 0.3 is 0 Å². The molecule has 0 saturated heterocycles. The molecule has 11 heteroatoms. The second-order valence-electron chi connectivity index (χ2n) is 12.5. The first-order valence-corrected chi connectivity index (χ1v) is 14.8. The highest BCUT2D eigenvalue weighted by atomic mass is 16.2. The van der Waals surface area contributed by atoms with Gasteiger partial charge in [0.2, 0.25) is 23.5 Å². The smallest absolute Gasteiger partial charge is 0.290 e. The number of nitrogens with zero attached hydrogens (tertiary/aromatic N) is 1. The van der Waals surface area contributed by atoms with Crippen molar-refractivity contribution in [1.82, 2.24) is 26.2 Å². The van der Waals surface area contributed by atoms with Crippen LogP contribution in [0.4, 0.5) is 0 Å². The third-order valence-electron chi connectivity index (χ3n) is 7.55. The number of fused-ring (bicyclic) bond motifs is 1. The third-order valence-corrected chi connectivity index (χ3v) is 7.55. The lowest BCUT2D eigenvalue weighted by Crippen LogP contribution is -2.59. The lowest BCUT2D eigenvalue weighted by molar-refractivity contribution is -0.142. The molecule has 3 rings (SSSR count). The van der Waals surface area contributed by atoms with E-state index in [9.17, 15) is 28.8 Å². The Morgan fingerprint density at radius 3 is 2.02 bits per heavy atom. The van der Waals surface area contributed by atoms with E-state index >= 15 is 0 Å². The van der Waals surface area contributed by atoms with Gasteiger partial charge < -0.3 is 26.2 Å². The Morgan fingerprint density at radius 1 is 0.795 bits per heavy atom.